The van der Waals surface area contributed by atoms with Crippen molar-refractivity contribution in [3.05, 3.63) is 23.0 Å². The molecule has 1 heterocycles. The molecule has 1 heteroatoms. The summed E-state index contributed by atoms with van der Waals surface area (Å²) in [5.74, 6) is 0. The molecular weight excluding hydrogens is 206 g/mol. The van der Waals surface area contributed by atoms with Gasteiger partial charge in [-0.05, 0) is 31.9 Å². The minimum atomic E-state index is 1.25. The number of aryl methyl sites for hydroxylation is 2. The molecule has 0 radical (unpaired) electrons. The quantitative estimate of drug-likeness (QED) is 0.540. The summed E-state index contributed by atoms with van der Waals surface area (Å²) in [5.41, 5.74) is 4.17. The van der Waals surface area contributed by atoms with Gasteiger partial charge in [0.25, 0.3) is 0 Å². The van der Waals surface area contributed by atoms with Crippen LogP contribution in [0.15, 0.2) is 6.20 Å². The summed E-state index contributed by atoms with van der Waals surface area (Å²) in [7, 11) is 2.08. The normalized spacial score (nSPS) is 7.88. The van der Waals surface area contributed by atoms with Gasteiger partial charge in [-0.1, -0.05) is 54.4 Å². The molecule has 0 N–H and O–H groups in total. The molecule has 1 aromatic heterocycles. The van der Waals surface area contributed by atoms with Gasteiger partial charge in [0, 0.05) is 18.9 Å². The Kier molecular flexibility index (Phi) is 19.4. The Balaban J connectivity index is -0.000000207. The highest BCUT2D eigenvalue weighted by molar-refractivity contribution is 5.28. The van der Waals surface area contributed by atoms with E-state index in [1.165, 1.54) is 29.7 Å². The van der Waals surface area contributed by atoms with Crippen LogP contribution in [-0.2, 0) is 7.05 Å². The number of aromatic nitrogens is 1. The molecule has 0 atom stereocenters. The van der Waals surface area contributed by atoms with E-state index in [9.17, 15) is 0 Å². The summed E-state index contributed by atoms with van der Waals surface area (Å²) < 4.78 is 2.16. The van der Waals surface area contributed by atoms with Crippen molar-refractivity contribution in [2.45, 2.75) is 75.2 Å². The Bertz CT molecular complexity index is 222. The van der Waals surface area contributed by atoms with Gasteiger partial charge in [-0.3, -0.25) is 0 Å². The SMILES string of the molecule is CC.CCC.CCC.Cc1cn(C)c(C)c1C. The molecular formula is C16H35N. The molecule has 0 unspecified atom stereocenters. The van der Waals surface area contributed by atoms with Gasteiger partial charge in [0.2, 0.25) is 0 Å². The summed E-state index contributed by atoms with van der Waals surface area (Å²) in [6.45, 7) is 18.9. The summed E-state index contributed by atoms with van der Waals surface area (Å²) in [6.07, 6.45) is 4.66. The smallest absolute Gasteiger partial charge is 0.0172 e. The molecule has 0 aliphatic heterocycles. The van der Waals surface area contributed by atoms with Gasteiger partial charge in [-0.25, -0.2) is 0 Å². The number of rotatable bonds is 0. The van der Waals surface area contributed by atoms with E-state index in [2.05, 4.69) is 66.3 Å². The van der Waals surface area contributed by atoms with Gasteiger partial charge in [0.1, 0.15) is 0 Å². The predicted molar refractivity (Wildman–Crippen MR) is 82.9 cm³/mol. The molecule has 0 saturated heterocycles. The van der Waals surface area contributed by atoms with Crippen LogP contribution in [0.4, 0.5) is 0 Å². The van der Waals surface area contributed by atoms with Crippen molar-refractivity contribution in [1.29, 1.82) is 0 Å². The van der Waals surface area contributed by atoms with E-state index >= 15 is 0 Å². The molecule has 17 heavy (non-hydrogen) atoms. The molecule has 104 valence electrons. The van der Waals surface area contributed by atoms with Crippen molar-refractivity contribution in [2.75, 3.05) is 0 Å². The maximum atomic E-state index is 2.16. The van der Waals surface area contributed by atoms with E-state index < -0.39 is 0 Å². The maximum absolute atomic E-state index is 2.16. The lowest BCUT2D eigenvalue weighted by Crippen LogP contribution is -1.87. The first-order chi connectivity index (χ1) is 7.95. The van der Waals surface area contributed by atoms with E-state index in [4.69, 9.17) is 0 Å². The van der Waals surface area contributed by atoms with Crippen molar-refractivity contribution in [3.63, 3.8) is 0 Å². The topological polar surface area (TPSA) is 4.93 Å². The van der Waals surface area contributed by atoms with Crippen LogP contribution in [0, 0.1) is 20.8 Å². The van der Waals surface area contributed by atoms with Crippen LogP contribution in [0.1, 0.15) is 71.2 Å². The van der Waals surface area contributed by atoms with Crippen LogP contribution in [0.3, 0.4) is 0 Å². The van der Waals surface area contributed by atoms with E-state index in [0.29, 0.717) is 0 Å². The van der Waals surface area contributed by atoms with Crippen LogP contribution in [0.2, 0.25) is 0 Å². The fourth-order valence-electron chi connectivity index (χ4n) is 1.03. The third kappa shape index (κ3) is 11.5. The van der Waals surface area contributed by atoms with Gasteiger partial charge in [0.15, 0.2) is 0 Å². The fraction of sp³-hybridized carbons (Fsp3) is 0.750. The lowest BCUT2D eigenvalue weighted by atomic mass is 10.2. The highest BCUT2D eigenvalue weighted by Crippen LogP contribution is 2.11. The van der Waals surface area contributed by atoms with Gasteiger partial charge >= 0.3 is 0 Å². The minimum Gasteiger partial charge on any atom is -0.354 e. The first kappa shape index (κ1) is 21.6. The molecule has 1 rings (SSSR count). The molecule has 0 aliphatic rings. The Labute approximate surface area is 110 Å². The highest BCUT2D eigenvalue weighted by atomic mass is 14.9. The van der Waals surface area contributed by atoms with Crippen molar-refractivity contribution >= 4 is 0 Å². The van der Waals surface area contributed by atoms with Crippen LogP contribution in [-0.4, -0.2) is 4.57 Å². The second-order valence-electron chi connectivity index (χ2n) is 4.05. The average molecular weight is 241 g/mol. The van der Waals surface area contributed by atoms with Gasteiger partial charge < -0.3 is 4.57 Å². The fourth-order valence-corrected chi connectivity index (χ4v) is 1.03. The number of hydrogen-bond acceptors (Lipinski definition) is 0. The van der Waals surface area contributed by atoms with E-state index in [-0.39, 0.29) is 0 Å². The minimum absolute atomic E-state index is 1.25. The largest absolute Gasteiger partial charge is 0.354 e. The molecule has 0 amide bonds. The van der Waals surface area contributed by atoms with Gasteiger partial charge in [-0.2, -0.15) is 0 Å². The second kappa shape index (κ2) is 15.3. The molecule has 1 nitrogen and oxygen atoms in total. The average Bonchev–Trinajstić information content (AvgIpc) is 2.51. The first-order valence-corrected chi connectivity index (χ1v) is 7.05. The van der Waals surface area contributed by atoms with E-state index in [1.54, 1.807) is 0 Å². The van der Waals surface area contributed by atoms with Gasteiger partial charge in [-0.15, -0.1) is 0 Å². The van der Waals surface area contributed by atoms with Crippen LogP contribution < -0.4 is 0 Å². The molecule has 0 spiro atoms. The Morgan fingerprint density at radius 2 is 1.18 bits per heavy atom. The van der Waals surface area contributed by atoms with Crippen molar-refractivity contribution in [1.82, 2.24) is 4.57 Å². The standard InChI is InChI=1S/C8H13N.2C3H8.C2H6/c1-6-5-9(4)8(3)7(6)2;2*1-3-2;1-2/h5H,1-4H3;2*3H2,1-2H3;1-2H3. The van der Waals surface area contributed by atoms with Crippen molar-refractivity contribution < 1.29 is 0 Å². The van der Waals surface area contributed by atoms with Crippen LogP contribution >= 0.6 is 0 Å². The third-order valence-electron chi connectivity index (χ3n) is 2.05. The molecule has 0 fully saturated rings. The predicted octanol–water partition coefficient (Wildman–Crippen LogP) is 5.81. The second-order valence-corrected chi connectivity index (χ2v) is 4.05. The summed E-state index contributed by atoms with van der Waals surface area (Å²) >= 11 is 0. The molecule has 0 bridgehead atoms. The highest BCUT2D eigenvalue weighted by Gasteiger charge is 1.99. The number of hydrogen-bond donors (Lipinski definition) is 0. The summed E-state index contributed by atoms with van der Waals surface area (Å²) in [5, 5.41) is 0. The van der Waals surface area contributed by atoms with Crippen LogP contribution in [0.5, 0.6) is 0 Å². The van der Waals surface area contributed by atoms with Gasteiger partial charge in [0.05, 0.1) is 0 Å². The van der Waals surface area contributed by atoms with E-state index in [1.807, 2.05) is 13.8 Å². The third-order valence-corrected chi connectivity index (χ3v) is 2.05. The lowest BCUT2D eigenvalue weighted by molar-refractivity contribution is 0.876. The number of nitrogens with zero attached hydrogens (tertiary/aromatic N) is 1. The summed E-state index contributed by atoms with van der Waals surface area (Å²) in [6, 6.07) is 0. The zero-order valence-electron chi connectivity index (χ0n) is 13.9. The Hall–Kier alpha value is -0.720. The first-order valence-electron chi connectivity index (χ1n) is 7.05. The van der Waals surface area contributed by atoms with E-state index in [0.717, 1.165) is 0 Å². The van der Waals surface area contributed by atoms with Crippen LogP contribution in [0.25, 0.3) is 0 Å². The monoisotopic (exact) mass is 241 g/mol. The van der Waals surface area contributed by atoms with Crippen molar-refractivity contribution in [3.8, 4) is 0 Å². The molecule has 0 saturated carbocycles. The maximum Gasteiger partial charge on any atom is 0.0172 e. The summed E-state index contributed by atoms with van der Waals surface area (Å²) in [4.78, 5) is 0. The Morgan fingerprint density at radius 3 is 1.24 bits per heavy atom. The molecule has 0 aliphatic carbocycles. The Morgan fingerprint density at radius 1 is 0.882 bits per heavy atom. The zero-order chi connectivity index (χ0) is 14.4. The molecule has 0 aromatic carbocycles. The lowest BCUT2D eigenvalue weighted by Gasteiger charge is -1.93. The zero-order valence-corrected chi connectivity index (χ0v) is 13.9. The molecule has 1 aromatic rings. The van der Waals surface area contributed by atoms with Crippen molar-refractivity contribution in [2.24, 2.45) is 7.05 Å².